The van der Waals surface area contributed by atoms with E-state index in [1.165, 1.54) is 11.1 Å². The second kappa shape index (κ2) is 7.34. The molecule has 2 aliphatic rings. The number of carbonyl (C=O) groups is 2. The lowest BCUT2D eigenvalue weighted by Gasteiger charge is -2.35. The van der Waals surface area contributed by atoms with Gasteiger partial charge in [-0.25, -0.2) is 0 Å². The van der Waals surface area contributed by atoms with E-state index in [2.05, 4.69) is 29.6 Å². The van der Waals surface area contributed by atoms with Crippen LogP contribution in [0.3, 0.4) is 0 Å². The molecule has 130 valence electrons. The molecule has 5 heteroatoms. The Bertz CT molecular complexity index is 589. The van der Waals surface area contributed by atoms with Crippen LogP contribution in [-0.2, 0) is 27.4 Å². The van der Waals surface area contributed by atoms with Gasteiger partial charge in [-0.15, -0.1) is 0 Å². The summed E-state index contributed by atoms with van der Waals surface area (Å²) in [7, 11) is 0. The zero-order valence-electron chi connectivity index (χ0n) is 14.4. The van der Waals surface area contributed by atoms with Gasteiger partial charge in [0.2, 0.25) is 0 Å². The highest BCUT2D eigenvalue weighted by Crippen LogP contribution is 2.38. The van der Waals surface area contributed by atoms with Crippen LogP contribution in [0.5, 0.6) is 0 Å². The van der Waals surface area contributed by atoms with Crippen molar-refractivity contribution < 1.29 is 18.8 Å². The van der Waals surface area contributed by atoms with Crippen molar-refractivity contribution in [2.45, 2.75) is 51.7 Å². The fraction of sp³-hybridized carbons (Fsp3) is 0.579. The first-order chi connectivity index (χ1) is 11.6. The second-order valence-corrected chi connectivity index (χ2v) is 6.88. The third-order valence-corrected chi connectivity index (χ3v) is 5.30. The van der Waals surface area contributed by atoms with E-state index in [0.29, 0.717) is 26.0 Å². The molecule has 1 fully saturated rings. The van der Waals surface area contributed by atoms with Crippen molar-refractivity contribution in [2.24, 2.45) is 0 Å². The van der Waals surface area contributed by atoms with Crippen LogP contribution < -0.4 is 5.32 Å². The molecule has 0 aromatic heterocycles. The smallest absolute Gasteiger partial charge is 0.305 e. The Morgan fingerprint density at radius 3 is 2.62 bits per heavy atom. The Labute approximate surface area is 143 Å². The summed E-state index contributed by atoms with van der Waals surface area (Å²) in [5, 5.41) is 3.04. The van der Waals surface area contributed by atoms with E-state index in [1.54, 1.807) is 6.92 Å². The van der Waals surface area contributed by atoms with Crippen LogP contribution in [0.1, 0.15) is 43.7 Å². The predicted molar refractivity (Wildman–Crippen MR) is 90.9 cm³/mol. The molecule has 0 aliphatic carbocycles. The number of fused-ring (bicyclic) bond motifs is 1. The number of nitrogens with one attached hydrogen (secondary N) is 1. The lowest BCUT2D eigenvalue weighted by atomic mass is 10.1. The first-order valence-corrected chi connectivity index (χ1v) is 9.00. The first kappa shape index (κ1) is 17.0. The Balaban J connectivity index is 1.53. The summed E-state index contributed by atoms with van der Waals surface area (Å²) >= 11 is 0. The molecule has 5 nitrogen and oxygen atoms in total. The van der Waals surface area contributed by atoms with Gasteiger partial charge in [-0.05, 0) is 13.3 Å². The predicted octanol–water partition coefficient (Wildman–Crippen LogP) is 2.14. The minimum absolute atomic E-state index is 0.0417. The summed E-state index contributed by atoms with van der Waals surface area (Å²) in [4.78, 5) is 24.0. The Hall–Kier alpha value is -1.88. The first-order valence-electron chi connectivity index (χ1n) is 9.00. The third-order valence-electron chi connectivity index (χ3n) is 5.30. The van der Waals surface area contributed by atoms with Crippen LogP contribution in [0.2, 0.25) is 0 Å². The number of hydrogen-bond acceptors (Lipinski definition) is 3. The maximum absolute atomic E-state index is 12.7. The summed E-state index contributed by atoms with van der Waals surface area (Å²) < 4.78 is 5.78. The molecule has 1 N–H and O–H groups in total. The monoisotopic (exact) mass is 331 g/mol. The summed E-state index contributed by atoms with van der Waals surface area (Å²) in [5.74, 6) is -0.0460. The number of rotatable bonds is 6. The summed E-state index contributed by atoms with van der Waals surface area (Å²) in [6, 6.07) is 8.59. The number of nitrogens with zero attached hydrogens (tertiary/aromatic N) is 1. The number of benzene rings is 1. The Kier molecular flexibility index (Phi) is 5.19. The van der Waals surface area contributed by atoms with E-state index >= 15 is 0 Å². The summed E-state index contributed by atoms with van der Waals surface area (Å²) in [6.45, 7) is 5.77. The van der Waals surface area contributed by atoms with E-state index in [0.717, 1.165) is 37.0 Å². The normalized spacial score (nSPS) is 20.8. The van der Waals surface area contributed by atoms with Crippen molar-refractivity contribution in [2.75, 3.05) is 19.7 Å². The van der Waals surface area contributed by atoms with E-state index in [-0.39, 0.29) is 17.9 Å². The second-order valence-electron chi connectivity index (χ2n) is 6.88. The lowest BCUT2D eigenvalue weighted by Crippen LogP contribution is -2.54. The molecule has 1 aromatic rings. The van der Waals surface area contributed by atoms with E-state index in [9.17, 15) is 9.59 Å². The minimum atomic E-state index is -0.189. The van der Waals surface area contributed by atoms with Crippen LogP contribution in [0.25, 0.3) is 0 Å². The zero-order valence-corrected chi connectivity index (χ0v) is 14.4. The van der Waals surface area contributed by atoms with Crippen molar-refractivity contribution in [3.05, 3.63) is 35.4 Å². The molecule has 3 rings (SSSR count). The molecule has 1 saturated heterocycles. The van der Waals surface area contributed by atoms with Gasteiger partial charge in [0, 0.05) is 36.9 Å². The molecule has 1 aromatic carbocycles. The standard InChI is InChI=1S/C19H26N2O3/c1-2-24-18(22)10-5-11-20-19(23)17-9-6-12-21(17)13-15-7-3-4-8-16(15)14-21/h3-4,7-8,17H,2,5-6,9-14H2,1H3/p+1/t17-/m1/s1. The van der Waals surface area contributed by atoms with Crippen molar-refractivity contribution >= 4 is 11.9 Å². The maximum Gasteiger partial charge on any atom is 0.305 e. The molecule has 24 heavy (non-hydrogen) atoms. The topological polar surface area (TPSA) is 55.4 Å². The largest absolute Gasteiger partial charge is 0.466 e. The van der Waals surface area contributed by atoms with Crippen molar-refractivity contribution in [3.8, 4) is 0 Å². The van der Waals surface area contributed by atoms with Crippen molar-refractivity contribution in [3.63, 3.8) is 0 Å². The third kappa shape index (κ3) is 3.46. The minimum Gasteiger partial charge on any atom is -0.466 e. The number of amides is 1. The lowest BCUT2D eigenvalue weighted by molar-refractivity contribution is -0.950. The highest BCUT2D eigenvalue weighted by atomic mass is 16.5. The quantitative estimate of drug-likeness (QED) is 0.494. The Morgan fingerprint density at radius 2 is 1.96 bits per heavy atom. The number of hydrogen-bond donors (Lipinski definition) is 1. The van der Waals surface area contributed by atoms with E-state index in [1.807, 2.05) is 0 Å². The number of ether oxygens (including phenoxy) is 1. The van der Waals surface area contributed by atoms with E-state index < -0.39 is 0 Å². The van der Waals surface area contributed by atoms with Gasteiger partial charge in [0.25, 0.3) is 5.91 Å². The average Bonchev–Trinajstić information content (AvgIpc) is 3.14. The van der Waals surface area contributed by atoms with Crippen molar-refractivity contribution in [1.82, 2.24) is 5.32 Å². The Morgan fingerprint density at radius 1 is 1.25 bits per heavy atom. The fourth-order valence-corrected chi connectivity index (χ4v) is 4.18. The molecule has 2 heterocycles. The molecule has 0 bridgehead atoms. The molecular weight excluding hydrogens is 304 g/mol. The fourth-order valence-electron chi connectivity index (χ4n) is 4.18. The van der Waals surface area contributed by atoms with Crippen LogP contribution in [-0.4, -0.2) is 42.1 Å². The van der Waals surface area contributed by atoms with Gasteiger partial charge in [-0.1, -0.05) is 24.3 Å². The number of esters is 1. The molecule has 0 radical (unpaired) electrons. The van der Waals surface area contributed by atoms with Crippen LogP contribution >= 0.6 is 0 Å². The van der Waals surface area contributed by atoms with Crippen LogP contribution in [0, 0.1) is 0 Å². The van der Waals surface area contributed by atoms with Gasteiger partial charge in [0.1, 0.15) is 13.1 Å². The van der Waals surface area contributed by atoms with Gasteiger partial charge >= 0.3 is 5.97 Å². The van der Waals surface area contributed by atoms with Gasteiger partial charge < -0.3 is 14.5 Å². The summed E-state index contributed by atoms with van der Waals surface area (Å²) in [5.41, 5.74) is 2.78. The van der Waals surface area contributed by atoms with Gasteiger partial charge in [0.15, 0.2) is 6.04 Å². The molecular formula is C19H27N2O3+. The average molecular weight is 331 g/mol. The zero-order chi connectivity index (χ0) is 17.0. The molecule has 1 spiro atoms. The molecule has 1 amide bonds. The highest BCUT2D eigenvalue weighted by Gasteiger charge is 2.49. The van der Waals surface area contributed by atoms with Crippen molar-refractivity contribution in [1.29, 1.82) is 0 Å². The van der Waals surface area contributed by atoms with Gasteiger partial charge in [-0.2, -0.15) is 0 Å². The molecule has 0 saturated carbocycles. The van der Waals surface area contributed by atoms with Crippen LogP contribution in [0.4, 0.5) is 0 Å². The van der Waals surface area contributed by atoms with Gasteiger partial charge in [-0.3, -0.25) is 9.59 Å². The van der Waals surface area contributed by atoms with E-state index in [4.69, 9.17) is 4.74 Å². The van der Waals surface area contributed by atoms with Crippen LogP contribution in [0.15, 0.2) is 24.3 Å². The molecule has 2 aliphatic heterocycles. The number of quaternary nitrogens is 1. The SMILES string of the molecule is CCOC(=O)CCCNC(=O)[C@H]1CCC[N+]12Cc1ccccc1C2. The highest BCUT2D eigenvalue weighted by molar-refractivity contribution is 5.81. The van der Waals surface area contributed by atoms with Gasteiger partial charge in [0.05, 0.1) is 13.2 Å². The maximum atomic E-state index is 12.7. The summed E-state index contributed by atoms with van der Waals surface area (Å²) in [6.07, 6.45) is 3.06. The molecule has 0 unspecified atom stereocenters. The number of carbonyl (C=O) groups excluding carboxylic acids is 2. The molecule has 1 atom stereocenters.